The lowest BCUT2D eigenvalue weighted by atomic mass is 10.1. The van der Waals surface area contributed by atoms with Gasteiger partial charge in [0.25, 0.3) is 0 Å². The van der Waals surface area contributed by atoms with Gasteiger partial charge in [-0.25, -0.2) is 8.42 Å². The van der Waals surface area contributed by atoms with Gasteiger partial charge < -0.3 is 4.90 Å². The number of hydrogen-bond acceptors (Lipinski definition) is 3. The topological polar surface area (TPSA) is 57.7 Å². The molecule has 0 spiro atoms. The van der Waals surface area contributed by atoms with E-state index in [4.69, 9.17) is 11.6 Å². The van der Waals surface area contributed by atoms with Gasteiger partial charge in [-0.1, -0.05) is 45.7 Å². The molecule has 0 bridgehead atoms. The molecule has 32 heavy (non-hydrogen) atoms. The van der Waals surface area contributed by atoms with Gasteiger partial charge >= 0.3 is 0 Å². The van der Waals surface area contributed by atoms with Crippen molar-refractivity contribution in [1.29, 1.82) is 0 Å². The molecule has 0 saturated carbocycles. The third-order valence-corrected chi connectivity index (χ3v) is 7.87. The second-order valence-corrected chi connectivity index (χ2v) is 10.9. The van der Waals surface area contributed by atoms with Crippen LogP contribution in [0.1, 0.15) is 16.7 Å². The highest BCUT2D eigenvalue weighted by molar-refractivity contribution is 9.10. The molecular formula is C24H24BrClN2O3S. The molecule has 0 aliphatic carbocycles. The number of anilines is 1. The Morgan fingerprint density at radius 3 is 2.16 bits per heavy atom. The summed E-state index contributed by atoms with van der Waals surface area (Å²) in [6, 6.07) is 19.0. The number of rotatable bonds is 7. The molecule has 8 heteroatoms. The SMILES string of the molecule is Cc1ccc(N(C)C(=O)CN(Cc2ccc(Br)cc2)S(=O)(=O)c2ccc(Cl)cc2)cc1C. The minimum absolute atomic E-state index is 0.0603. The standard InChI is InChI=1S/C24H24BrClN2O3S/c1-17-4-11-22(14-18(17)2)27(3)24(29)16-28(15-19-5-7-20(25)8-6-19)32(30,31)23-12-9-21(26)10-13-23/h4-14H,15-16H2,1-3H3. The largest absolute Gasteiger partial charge is 0.314 e. The smallest absolute Gasteiger partial charge is 0.243 e. The normalized spacial score (nSPS) is 11.6. The van der Waals surface area contributed by atoms with Gasteiger partial charge in [0.05, 0.1) is 11.4 Å². The molecule has 1 amide bonds. The van der Waals surface area contributed by atoms with Crippen molar-refractivity contribution >= 4 is 49.1 Å². The fourth-order valence-electron chi connectivity index (χ4n) is 3.11. The molecule has 5 nitrogen and oxygen atoms in total. The van der Waals surface area contributed by atoms with Gasteiger partial charge in [0.15, 0.2) is 0 Å². The monoisotopic (exact) mass is 534 g/mol. The number of likely N-dealkylation sites (N-methyl/N-ethyl adjacent to an activating group) is 1. The third kappa shape index (κ3) is 5.78. The summed E-state index contributed by atoms with van der Waals surface area (Å²) in [5, 5.41) is 0.439. The van der Waals surface area contributed by atoms with Gasteiger partial charge in [-0.15, -0.1) is 0 Å². The number of benzene rings is 3. The molecule has 0 fully saturated rings. The Morgan fingerprint density at radius 1 is 0.938 bits per heavy atom. The summed E-state index contributed by atoms with van der Waals surface area (Å²) in [4.78, 5) is 14.7. The Morgan fingerprint density at radius 2 is 1.56 bits per heavy atom. The zero-order valence-corrected chi connectivity index (χ0v) is 21.2. The Hall–Kier alpha value is -2.19. The summed E-state index contributed by atoms with van der Waals surface area (Å²) < 4.78 is 28.9. The fraction of sp³-hybridized carbons (Fsp3) is 0.208. The molecule has 3 rings (SSSR count). The van der Waals surface area contributed by atoms with Crippen LogP contribution in [0.4, 0.5) is 5.69 Å². The third-order valence-electron chi connectivity index (χ3n) is 5.29. The maximum atomic E-state index is 13.4. The Labute approximate surface area is 202 Å². The molecule has 3 aromatic carbocycles. The van der Waals surface area contributed by atoms with Crippen molar-refractivity contribution < 1.29 is 13.2 Å². The van der Waals surface area contributed by atoms with E-state index in [1.54, 1.807) is 7.05 Å². The Kier molecular flexibility index (Phi) is 7.77. The fourth-order valence-corrected chi connectivity index (χ4v) is 4.88. The zero-order chi connectivity index (χ0) is 23.5. The summed E-state index contributed by atoms with van der Waals surface area (Å²) in [5.74, 6) is -0.331. The number of aryl methyl sites for hydroxylation is 2. The van der Waals surface area contributed by atoms with Crippen LogP contribution in [0.25, 0.3) is 0 Å². The number of hydrogen-bond donors (Lipinski definition) is 0. The highest BCUT2D eigenvalue weighted by Crippen LogP contribution is 2.23. The molecule has 0 aliphatic rings. The Bertz CT molecular complexity index is 1210. The van der Waals surface area contributed by atoms with Crippen LogP contribution in [-0.4, -0.2) is 32.2 Å². The van der Waals surface area contributed by atoms with Crippen LogP contribution in [0, 0.1) is 13.8 Å². The van der Waals surface area contributed by atoms with Crippen LogP contribution < -0.4 is 4.90 Å². The van der Waals surface area contributed by atoms with Crippen molar-refractivity contribution in [3.63, 3.8) is 0 Å². The van der Waals surface area contributed by atoms with Crippen molar-refractivity contribution in [1.82, 2.24) is 4.31 Å². The zero-order valence-electron chi connectivity index (χ0n) is 18.0. The first-order valence-corrected chi connectivity index (χ1v) is 12.5. The molecule has 0 atom stereocenters. The lowest BCUT2D eigenvalue weighted by molar-refractivity contribution is -0.118. The van der Waals surface area contributed by atoms with Crippen LogP contribution in [0.15, 0.2) is 76.1 Å². The van der Waals surface area contributed by atoms with Crippen LogP contribution >= 0.6 is 27.5 Å². The van der Waals surface area contributed by atoms with Crippen molar-refractivity contribution in [2.75, 3.05) is 18.5 Å². The van der Waals surface area contributed by atoms with Gasteiger partial charge in [-0.3, -0.25) is 4.79 Å². The van der Waals surface area contributed by atoms with E-state index in [1.165, 1.54) is 33.5 Å². The second kappa shape index (κ2) is 10.2. The first-order valence-electron chi connectivity index (χ1n) is 9.92. The number of carbonyl (C=O) groups excluding carboxylic acids is 1. The van der Waals surface area contributed by atoms with E-state index in [9.17, 15) is 13.2 Å². The molecule has 0 radical (unpaired) electrons. The van der Waals surface area contributed by atoms with Crippen molar-refractivity contribution in [3.8, 4) is 0 Å². The van der Waals surface area contributed by atoms with Gasteiger partial charge in [0, 0.05) is 28.8 Å². The maximum Gasteiger partial charge on any atom is 0.243 e. The van der Waals surface area contributed by atoms with Crippen LogP contribution in [0.5, 0.6) is 0 Å². The van der Waals surface area contributed by atoms with E-state index in [0.29, 0.717) is 10.7 Å². The minimum Gasteiger partial charge on any atom is -0.314 e. The van der Waals surface area contributed by atoms with Crippen molar-refractivity contribution in [2.24, 2.45) is 0 Å². The van der Waals surface area contributed by atoms with E-state index >= 15 is 0 Å². The molecule has 0 heterocycles. The Balaban J connectivity index is 1.92. The number of carbonyl (C=O) groups is 1. The average molecular weight is 536 g/mol. The first kappa shape index (κ1) is 24.5. The van der Waals surface area contributed by atoms with Gasteiger partial charge in [0.2, 0.25) is 15.9 Å². The summed E-state index contributed by atoms with van der Waals surface area (Å²) in [5.41, 5.74) is 3.66. The molecule has 0 unspecified atom stereocenters. The van der Waals surface area contributed by atoms with E-state index < -0.39 is 10.0 Å². The van der Waals surface area contributed by atoms with E-state index in [0.717, 1.165) is 21.2 Å². The van der Waals surface area contributed by atoms with Gasteiger partial charge in [-0.05, 0) is 79.1 Å². The van der Waals surface area contributed by atoms with Crippen LogP contribution in [0.3, 0.4) is 0 Å². The first-order chi connectivity index (χ1) is 15.1. The lowest BCUT2D eigenvalue weighted by Crippen LogP contribution is -2.41. The maximum absolute atomic E-state index is 13.4. The van der Waals surface area contributed by atoms with Gasteiger partial charge in [0.1, 0.15) is 0 Å². The summed E-state index contributed by atoms with van der Waals surface area (Å²) in [6.45, 7) is 3.73. The number of sulfonamides is 1. The molecule has 0 aliphatic heterocycles. The molecule has 0 aromatic heterocycles. The number of amides is 1. The van der Waals surface area contributed by atoms with E-state index in [2.05, 4.69) is 15.9 Å². The van der Waals surface area contributed by atoms with Gasteiger partial charge in [-0.2, -0.15) is 4.31 Å². The molecule has 3 aromatic rings. The molecular weight excluding hydrogens is 512 g/mol. The molecule has 0 N–H and O–H groups in total. The quantitative estimate of drug-likeness (QED) is 0.397. The van der Waals surface area contributed by atoms with Crippen molar-refractivity contribution in [3.05, 3.63) is 92.9 Å². The molecule has 0 saturated heterocycles. The number of nitrogens with zero attached hydrogens (tertiary/aromatic N) is 2. The lowest BCUT2D eigenvalue weighted by Gasteiger charge is -2.25. The van der Waals surface area contributed by atoms with E-state index in [-0.39, 0.29) is 23.9 Å². The predicted molar refractivity (Wildman–Crippen MR) is 133 cm³/mol. The average Bonchev–Trinajstić information content (AvgIpc) is 2.76. The number of halogens is 2. The van der Waals surface area contributed by atoms with Crippen molar-refractivity contribution in [2.45, 2.75) is 25.3 Å². The van der Waals surface area contributed by atoms with E-state index in [1.807, 2.05) is 56.3 Å². The predicted octanol–water partition coefficient (Wildman–Crippen LogP) is 5.57. The minimum atomic E-state index is -3.94. The summed E-state index contributed by atoms with van der Waals surface area (Å²) in [7, 11) is -2.28. The highest BCUT2D eigenvalue weighted by atomic mass is 79.9. The molecule has 168 valence electrons. The second-order valence-electron chi connectivity index (χ2n) is 7.57. The highest BCUT2D eigenvalue weighted by Gasteiger charge is 2.28. The summed E-state index contributed by atoms with van der Waals surface area (Å²) >= 11 is 9.32. The van der Waals surface area contributed by atoms with Crippen LogP contribution in [-0.2, 0) is 21.4 Å². The van der Waals surface area contributed by atoms with Crippen LogP contribution in [0.2, 0.25) is 5.02 Å². The summed E-state index contributed by atoms with van der Waals surface area (Å²) in [6.07, 6.45) is 0.